The van der Waals surface area contributed by atoms with E-state index in [-0.39, 0.29) is 5.91 Å². The van der Waals surface area contributed by atoms with E-state index < -0.39 is 0 Å². The first-order valence-corrected chi connectivity index (χ1v) is 7.93. The fraction of sp³-hybridized carbons (Fsp3) is 0.933. The number of carbonyl (C=O) groups excluding carboxylic acids is 1. The van der Waals surface area contributed by atoms with Gasteiger partial charge in [-0.1, -0.05) is 19.3 Å². The predicted octanol–water partition coefficient (Wildman–Crippen LogP) is 1.84. The Morgan fingerprint density at radius 3 is 2.74 bits per heavy atom. The normalized spacial score (nSPS) is 25.2. The van der Waals surface area contributed by atoms with Gasteiger partial charge in [0, 0.05) is 13.0 Å². The van der Waals surface area contributed by atoms with Crippen LogP contribution in [0, 0.1) is 5.92 Å². The molecule has 0 spiro atoms. The molecule has 1 aliphatic carbocycles. The van der Waals surface area contributed by atoms with E-state index >= 15 is 0 Å². The second-order valence-electron chi connectivity index (χ2n) is 5.90. The van der Waals surface area contributed by atoms with Crippen molar-refractivity contribution in [2.75, 3.05) is 26.2 Å². The van der Waals surface area contributed by atoms with E-state index in [0.717, 1.165) is 13.1 Å². The van der Waals surface area contributed by atoms with Crippen molar-refractivity contribution in [2.45, 2.75) is 57.5 Å². The zero-order valence-corrected chi connectivity index (χ0v) is 12.0. The summed E-state index contributed by atoms with van der Waals surface area (Å²) in [7, 11) is 0. The third kappa shape index (κ3) is 5.91. The Balaban J connectivity index is 1.48. The molecule has 2 aliphatic rings. The van der Waals surface area contributed by atoms with Crippen molar-refractivity contribution < 1.29 is 9.53 Å². The van der Waals surface area contributed by atoms with Gasteiger partial charge in [-0.05, 0) is 44.7 Å². The monoisotopic (exact) mass is 268 g/mol. The van der Waals surface area contributed by atoms with E-state index in [4.69, 9.17) is 4.74 Å². The molecule has 1 saturated carbocycles. The van der Waals surface area contributed by atoms with Gasteiger partial charge >= 0.3 is 0 Å². The summed E-state index contributed by atoms with van der Waals surface area (Å²) >= 11 is 0. The lowest BCUT2D eigenvalue weighted by atomic mass is 9.96. The number of ether oxygens (including phenoxy) is 1. The molecular formula is C15H28N2O2. The molecule has 0 aromatic carbocycles. The maximum absolute atomic E-state index is 11.8. The minimum Gasteiger partial charge on any atom is -0.376 e. The van der Waals surface area contributed by atoms with Gasteiger partial charge in [-0.15, -0.1) is 0 Å². The number of carbonyl (C=O) groups is 1. The summed E-state index contributed by atoms with van der Waals surface area (Å²) in [6, 6.07) is 0. The summed E-state index contributed by atoms with van der Waals surface area (Å²) in [5.41, 5.74) is 0. The lowest BCUT2D eigenvalue weighted by Crippen LogP contribution is -2.35. The summed E-state index contributed by atoms with van der Waals surface area (Å²) in [5.74, 6) is 0.703. The molecule has 2 rings (SSSR count). The van der Waals surface area contributed by atoms with Crippen LogP contribution in [-0.4, -0.2) is 38.3 Å². The van der Waals surface area contributed by atoms with Crippen LogP contribution in [0.25, 0.3) is 0 Å². The number of piperidine rings is 1. The molecule has 1 saturated heterocycles. The van der Waals surface area contributed by atoms with E-state index in [9.17, 15) is 4.79 Å². The smallest absolute Gasteiger partial charge is 0.220 e. The van der Waals surface area contributed by atoms with Crippen molar-refractivity contribution in [3.05, 3.63) is 0 Å². The third-order valence-electron chi connectivity index (χ3n) is 4.20. The molecule has 2 fully saturated rings. The van der Waals surface area contributed by atoms with Gasteiger partial charge in [-0.2, -0.15) is 0 Å². The molecule has 4 heteroatoms. The molecule has 0 bridgehead atoms. The number of hydrogen-bond acceptors (Lipinski definition) is 3. The molecule has 1 aliphatic heterocycles. The van der Waals surface area contributed by atoms with Crippen molar-refractivity contribution in [2.24, 2.45) is 5.92 Å². The molecule has 0 aromatic rings. The van der Waals surface area contributed by atoms with Crippen LogP contribution in [0.4, 0.5) is 0 Å². The number of rotatable bonds is 6. The van der Waals surface area contributed by atoms with E-state index in [1.165, 1.54) is 44.9 Å². The van der Waals surface area contributed by atoms with Crippen LogP contribution in [0.2, 0.25) is 0 Å². The molecular weight excluding hydrogens is 240 g/mol. The second-order valence-corrected chi connectivity index (χ2v) is 5.90. The topological polar surface area (TPSA) is 50.4 Å². The molecule has 0 radical (unpaired) electrons. The van der Waals surface area contributed by atoms with E-state index in [1.54, 1.807) is 0 Å². The van der Waals surface area contributed by atoms with Crippen LogP contribution in [-0.2, 0) is 9.53 Å². The van der Waals surface area contributed by atoms with Crippen LogP contribution in [0.15, 0.2) is 0 Å². The van der Waals surface area contributed by atoms with E-state index in [0.29, 0.717) is 31.6 Å². The van der Waals surface area contributed by atoms with Crippen LogP contribution in [0.3, 0.4) is 0 Å². The van der Waals surface area contributed by atoms with E-state index in [2.05, 4.69) is 10.6 Å². The standard InChI is InChI=1S/C15H28N2O2/c18-15(11-13-5-4-8-16-12-13)17-9-10-19-14-6-2-1-3-7-14/h13-14,16H,1-12H2,(H,17,18). The minimum atomic E-state index is 0.181. The Morgan fingerprint density at radius 2 is 2.00 bits per heavy atom. The molecule has 19 heavy (non-hydrogen) atoms. The van der Waals surface area contributed by atoms with Gasteiger partial charge < -0.3 is 15.4 Å². The van der Waals surface area contributed by atoms with E-state index in [1.807, 2.05) is 0 Å². The van der Waals surface area contributed by atoms with Gasteiger partial charge in [0.2, 0.25) is 5.91 Å². The van der Waals surface area contributed by atoms with Crippen molar-refractivity contribution >= 4 is 5.91 Å². The molecule has 1 unspecified atom stereocenters. The van der Waals surface area contributed by atoms with Crippen LogP contribution < -0.4 is 10.6 Å². The van der Waals surface area contributed by atoms with Gasteiger partial charge in [0.25, 0.3) is 0 Å². The van der Waals surface area contributed by atoms with Crippen molar-refractivity contribution in [1.29, 1.82) is 0 Å². The second kappa shape index (κ2) is 8.54. The summed E-state index contributed by atoms with van der Waals surface area (Å²) in [6.45, 7) is 3.42. The van der Waals surface area contributed by atoms with Crippen LogP contribution in [0.1, 0.15) is 51.4 Å². The number of amides is 1. The average Bonchev–Trinajstić information content (AvgIpc) is 2.46. The Bertz CT molecular complexity index is 259. The largest absolute Gasteiger partial charge is 0.376 e. The van der Waals surface area contributed by atoms with Gasteiger partial charge in [-0.25, -0.2) is 0 Å². The first-order chi connectivity index (χ1) is 9.34. The summed E-state index contributed by atoms with van der Waals surface area (Å²) < 4.78 is 5.80. The first kappa shape index (κ1) is 14.8. The highest BCUT2D eigenvalue weighted by atomic mass is 16.5. The van der Waals surface area contributed by atoms with Crippen molar-refractivity contribution in [1.82, 2.24) is 10.6 Å². The lowest BCUT2D eigenvalue weighted by molar-refractivity contribution is -0.122. The van der Waals surface area contributed by atoms with Crippen LogP contribution in [0.5, 0.6) is 0 Å². The molecule has 1 amide bonds. The summed E-state index contributed by atoms with van der Waals surface area (Å²) in [4.78, 5) is 11.8. The van der Waals surface area contributed by atoms with Crippen molar-refractivity contribution in [3.8, 4) is 0 Å². The van der Waals surface area contributed by atoms with Gasteiger partial charge in [0.1, 0.15) is 0 Å². The number of hydrogen-bond donors (Lipinski definition) is 2. The average molecular weight is 268 g/mol. The zero-order chi connectivity index (χ0) is 13.3. The fourth-order valence-corrected chi connectivity index (χ4v) is 3.08. The van der Waals surface area contributed by atoms with Gasteiger partial charge in [0.05, 0.1) is 12.7 Å². The highest BCUT2D eigenvalue weighted by Gasteiger charge is 2.17. The molecule has 110 valence electrons. The molecule has 1 atom stereocenters. The lowest BCUT2D eigenvalue weighted by Gasteiger charge is -2.23. The molecule has 2 N–H and O–H groups in total. The molecule has 4 nitrogen and oxygen atoms in total. The highest BCUT2D eigenvalue weighted by Crippen LogP contribution is 2.19. The number of nitrogens with one attached hydrogen (secondary N) is 2. The maximum atomic E-state index is 11.8. The molecule has 1 heterocycles. The zero-order valence-electron chi connectivity index (χ0n) is 12.0. The minimum absolute atomic E-state index is 0.181. The quantitative estimate of drug-likeness (QED) is 0.723. The van der Waals surface area contributed by atoms with Crippen LogP contribution >= 0.6 is 0 Å². The van der Waals surface area contributed by atoms with Gasteiger partial charge in [-0.3, -0.25) is 4.79 Å². The highest BCUT2D eigenvalue weighted by molar-refractivity contribution is 5.76. The van der Waals surface area contributed by atoms with Crippen molar-refractivity contribution in [3.63, 3.8) is 0 Å². The Kier molecular flexibility index (Phi) is 6.65. The predicted molar refractivity (Wildman–Crippen MR) is 76.0 cm³/mol. The Hall–Kier alpha value is -0.610. The third-order valence-corrected chi connectivity index (χ3v) is 4.20. The SMILES string of the molecule is O=C(CC1CCCNC1)NCCOC1CCCCC1. The molecule has 0 aromatic heterocycles. The maximum Gasteiger partial charge on any atom is 0.220 e. The Morgan fingerprint density at radius 1 is 1.16 bits per heavy atom. The summed E-state index contributed by atoms with van der Waals surface area (Å²) in [6.07, 6.45) is 9.82. The van der Waals surface area contributed by atoms with Gasteiger partial charge in [0.15, 0.2) is 0 Å². The fourth-order valence-electron chi connectivity index (χ4n) is 3.08. The first-order valence-electron chi connectivity index (χ1n) is 7.93. The Labute approximate surface area is 116 Å². The summed E-state index contributed by atoms with van der Waals surface area (Å²) in [5, 5.41) is 6.32.